The molecule has 0 aliphatic carbocycles. The highest BCUT2D eigenvalue weighted by Gasteiger charge is 1.96. The van der Waals surface area contributed by atoms with E-state index in [1.54, 1.807) is 0 Å². The zero-order chi connectivity index (χ0) is 11.5. The van der Waals surface area contributed by atoms with Crippen LogP contribution in [0.2, 0.25) is 0 Å². The summed E-state index contributed by atoms with van der Waals surface area (Å²) in [6, 6.07) is 0. The molecule has 2 N–H and O–H groups in total. The molecule has 0 fully saturated rings. The molecule has 0 rings (SSSR count). The molecule has 0 aromatic heterocycles. The molecule has 3 nitrogen and oxygen atoms in total. The Labute approximate surface area is 99.0 Å². The molecule has 0 aromatic rings. The lowest BCUT2D eigenvalue weighted by Gasteiger charge is -2.11. The van der Waals surface area contributed by atoms with Crippen molar-refractivity contribution in [2.24, 2.45) is 5.92 Å². The summed E-state index contributed by atoms with van der Waals surface area (Å²) in [7, 11) is 0. The minimum Gasteiger partial charge on any atom is -0.381 e. The minimum atomic E-state index is 0.623. The lowest BCUT2D eigenvalue weighted by Crippen LogP contribution is -2.37. The molecule has 0 bridgehead atoms. The second-order valence-corrected chi connectivity index (χ2v) is 4.40. The van der Waals surface area contributed by atoms with Crippen LogP contribution in [0.15, 0.2) is 0 Å². The molecule has 90 valence electrons. The van der Waals surface area contributed by atoms with Crippen LogP contribution in [0.5, 0.6) is 0 Å². The highest BCUT2D eigenvalue weighted by atomic mass is 32.1. The molecule has 4 heteroatoms. The van der Waals surface area contributed by atoms with Crippen LogP contribution in [0, 0.1) is 5.92 Å². The molecular formula is C11H24N2OS. The second-order valence-electron chi connectivity index (χ2n) is 4.00. The topological polar surface area (TPSA) is 33.3 Å². The molecule has 0 saturated carbocycles. The zero-order valence-electron chi connectivity index (χ0n) is 10.1. The third-order valence-corrected chi connectivity index (χ3v) is 2.06. The van der Waals surface area contributed by atoms with Crippen molar-refractivity contribution in [2.75, 3.05) is 26.3 Å². The number of nitrogens with one attached hydrogen (secondary N) is 2. The van der Waals surface area contributed by atoms with Gasteiger partial charge in [-0.25, -0.2) is 0 Å². The third kappa shape index (κ3) is 11.6. The van der Waals surface area contributed by atoms with Gasteiger partial charge < -0.3 is 15.4 Å². The molecule has 15 heavy (non-hydrogen) atoms. The molecular weight excluding hydrogens is 208 g/mol. The second kappa shape index (κ2) is 10.2. The summed E-state index contributed by atoms with van der Waals surface area (Å²) in [6.45, 7) is 9.92. The number of rotatable bonds is 8. The fraction of sp³-hybridized carbons (Fsp3) is 0.909. The maximum atomic E-state index is 5.36. The van der Waals surface area contributed by atoms with Gasteiger partial charge in [0.15, 0.2) is 5.11 Å². The van der Waals surface area contributed by atoms with Gasteiger partial charge in [0.2, 0.25) is 0 Å². The molecule has 0 aliphatic heterocycles. The Kier molecular flexibility index (Phi) is 9.94. The van der Waals surface area contributed by atoms with Gasteiger partial charge >= 0.3 is 0 Å². The molecule has 0 unspecified atom stereocenters. The van der Waals surface area contributed by atoms with Crippen LogP contribution in [0.1, 0.15) is 33.6 Å². The van der Waals surface area contributed by atoms with Gasteiger partial charge in [0, 0.05) is 26.3 Å². The van der Waals surface area contributed by atoms with Crippen LogP contribution >= 0.6 is 12.2 Å². The molecule has 0 amide bonds. The molecule has 0 spiro atoms. The van der Waals surface area contributed by atoms with Crippen LogP contribution in [0.4, 0.5) is 0 Å². The van der Waals surface area contributed by atoms with Crippen molar-refractivity contribution in [1.29, 1.82) is 0 Å². The van der Waals surface area contributed by atoms with Crippen molar-refractivity contribution < 1.29 is 4.74 Å². The van der Waals surface area contributed by atoms with Gasteiger partial charge in [-0.05, 0) is 31.0 Å². The van der Waals surface area contributed by atoms with E-state index in [-0.39, 0.29) is 0 Å². The molecule has 0 heterocycles. The third-order valence-electron chi connectivity index (χ3n) is 1.77. The summed E-state index contributed by atoms with van der Waals surface area (Å²) in [5.41, 5.74) is 0. The Morgan fingerprint density at radius 3 is 2.60 bits per heavy atom. The highest BCUT2D eigenvalue weighted by Crippen LogP contribution is 1.87. The predicted molar refractivity (Wildman–Crippen MR) is 69.2 cm³/mol. The zero-order valence-corrected chi connectivity index (χ0v) is 11.0. The van der Waals surface area contributed by atoms with Gasteiger partial charge in [0.25, 0.3) is 0 Å². The van der Waals surface area contributed by atoms with Crippen LogP contribution in [-0.4, -0.2) is 31.4 Å². The normalized spacial score (nSPS) is 10.4. The quantitative estimate of drug-likeness (QED) is 0.495. The van der Waals surface area contributed by atoms with Crippen LogP contribution < -0.4 is 10.6 Å². The van der Waals surface area contributed by atoms with Crippen molar-refractivity contribution in [3.05, 3.63) is 0 Å². The maximum absolute atomic E-state index is 5.36. The SMILES string of the molecule is CCCOCCCNC(=S)NCC(C)C. The first-order valence-electron chi connectivity index (χ1n) is 5.76. The van der Waals surface area contributed by atoms with E-state index in [0.717, 1.165) is 44.3 Å². The first-order chi connectivity index (χ1) is 7.16. The largest absolute Gasteiger partial charge is 0.381 e. The van der Waals surface area contributed by atoms with E-state index in [0.29, 0.717) is 5.92 Å². The van der Waals surface area contributed by atoms with E-state index in [1.165, 1.54) is 0 Å². The summed E-state index contributed by atoms with van der Waals surface area (Å²) < 4.78 is 5.36. The predicted octanol–water partition coefficient (Wildman–Crippen LogP) is 1.92. The van der Waals surface area contributed by atoms with Crippen molar-refractivity contribution in [2.45, 2.75) is 33.6 Å². The van der Waals surface area contributed by atoms with Crippen molar-refractivity contribution in [1.82, 2.24) is 10.6 Å². The Morgan fingerprint density at radius 1 is 1.27 bits per heavy atom. The van der Waals surface area contributed by atoms with Crippen molar-refractivity contribution in [3.63, 3.8) is 0 Å². The van der Waals surface area contributed by atoms with E-state index >= 15 is 0 Å². The average Bonchev–Trinajstić information content (AvgIpc) is 2.20. The number of thiocarbonyl (C=S) groups is 1. The molecule has 0 atom stereocenters. The van der Waals surface area contributed by atoms with Gasteiger partial charge in [-0.2, -0.15) is 0 Å². The van der Waals surface area contributed by atoms with Crippen molar-refractivity contribution in [3.8, 4) is 0 Å². The highest BCUT2D eigenvalue weighted by molar-refractivity contribution is 7.80. The van der Waals surface area contributed by atoms with Gasteiger partial charge in [0.05, 0.1) is 0 Å². The molecule has 0 aliphatic rings. The van der Waals surface area contributed by atoms with Crippen LogP contribution in [0.3, 0.4) is 0 Å². The van der Waals surface area contributed by atoms with Crippen LogP contribution in [0.25, 0.3) is 0 Å². The van der Waals surface area contributed by atoms with Gasteiger partial charge in [-0.1, -0.05) is 20.8 Å². The average molecular weight is 232 g/mol. The summed E-state index contributed by atoms with van der Waals surface area (Å²) >= 11 is 5.11. The molecule has 0 radical (unpaired) electrons. The van der Waals surface area contributed by atoms with E-state index in [9.17, 15) is 0 Å². The van der Waals surface area contributed by atoms with Crippen molar-refractivity contribution >= 4 is 17.3 Å². The lowest BCUT2D eigenvalue weighted by molar-refractivity contribution is 0.133. The molecule has 0 aromatic carbocycles. The minimum absolute atomic E-state index is 0.623. The number of ether oxygens (including phenoxy) is 1. The number of hydrogen-bond acceptors (Lipinski definition) is 2. The fourth-order valence-electron chi connectivity index (χ4n) is 0.982. The summed E-state index contributed by atoms with van der Waals surface area (Å²) in [5, 5.41) is 7.07. The van der Waals surface area contributed by atoms with Gasteiger partial charge in [-0.3, -0.25) is 0 Å². The van der Waals surface area contributed by atoms with Gasteiger partial charge in [0.1, 0.15) is 0 Å². The van der Waals surface area contributed by atoms with Gasteiger partial charge in [-0.15, -0.1) is 0 Å². The smallest absolute Gasteiger partial charge is 0.166 e. The summed E-state index contributed by atoms with van der Waals surface area (Å²) in [6.07, 6.45) is 2.09. The number of hydrogen-bond donors (Lipinski definition) is 2. The Bertz CT molecular complexity index is 163. The monoisotopic (exact) mass is 232 g/mol. The maximum Gasteiger partial charge on any atom is 0.166 e. The Morgan fingerprint density at radius 2 is 2.00 bits per heavy atom. The summed E-state index contributed by atoms with van der Waals surface area (Å²) in [4.78, 5) is 0. The van der Waals surface area contributed by atoms with E-state index in [4.69, 9.17) is 17.0 Å². The molecule has 0 saturated heterocycles. The van der Waals surface area contributed by atoms with E-state index < -0.39 is 0 Å². The van der Waals surface area contributed by atoms with Crippen LogP contribution in [-0.2, 0) is 4.74 Å². The first kappa shape index (κ1) is 14.6. The van der Waals surface area contributed by atoms with E-state index in [2.05, 4.69) is 31.4 Å². The van der Waals surface area contributed by atoms with E-state index in [1.807, 2.05) is 0 Å². The Balaban J connectivity index is 3.17. The Hall–Kier alpha value is -0.350. The standard InChI is InChI=1S/C11H24N2OS/c1-4-7-14-8-5-6-12-11(15)13-9-10(2)3/h10H,4-9H2,1-3H3,(H2,12,13,15). The lowest BCUT2D eigenvalue weighted by atomic mass is 10.2. The summed E-state index contributed by atoms with van der Waals surface area (Å²) in [5.74, 6) is 0.623. The first-order valence-corrected chi connectivity index (χ1v) is 6.17. The fourth-order valence-corrected chi connectivity index (χ4v) is 1.17.